The summed E-state index contributed by atoms with van der Waals surface area (Å²) in [4.78, 5) is 3.80. The molecule has 0 spiro atoms. The summed E-state index contributed by atoms with van der Waals surface area (Å²) in [7, 11) is 0. The maximum atomic E-state index is 16.7. The van der Waals surface area contributed by atoms with Gasteiger partial charge in [0.05, 0.1) is 22.7 Å². The van der Waals surface area contributed by atoms with E-state index in [0.29, 0.717) is 22.7 Å². The minimum atomic E-state index is -0.716. The third-order valence-electron chi connectivity index (χ3n) is 14.6. The number of nitrogens with zero attached hydrogens (tertiary/aromatic N) is 2. The van der Waals surface area contributed by atoms with Crippen LogP contribution in [0.1, 0.15) is 22.3 Å². The Hall–Kier alpha value is -9.00. The molecule has 0 saturated carbocycles. The lowest BCUT2D eigenvalue weighted by Crippen LogP contribution is -2.14. The van der Waals surface area contributed by atoms with Crippen LogP contribution in [0.5, 0.6) is 0 Å². The predicted molar refractivity (Wildman–Crippen MR) is 300 cm³/mol. The first-order chi connectivity index (χ1) is 36.0. The van der Waals surface area contributed by atoms with Crippen LogP contribution in [0.4, 0.5) is 51.7 Å². The number of halogens is 4. The van der Waals surface area contributed by atoms with E-state index >= 15 is 8.78 Å². The van der Waals surface area contributed by atoms with E-state index in [2.05, 4.69) is 137 Å². The van der Waals surface area contributed by atoms with Crippen LogP contribution in [0.25, 0.3) is 76.8 Å². The van der Waals surface area contributed by atoms with Gasteiger partial charge >= 0.3 is 0 Å². The fraction of sp³-hybridized carbons (Fsp3) is 0.0588. The number of anilines is 6. The normalized spacial score (nSPS) is 11.5. The molecule has 0 amide bonds. The van der Waals surface area contributed by atoms with Crippen LogP contribution in [0.3, 0.4) is 0 Å². The number of benzene rings is 12. The zero-order valence-electron chi connectivity index (χ0n) is 41.2. The Bertz CT molecular complexity index is 3760. The van der Waals surface area contributed by atoms with Crippen molar-refractivity contribution >= 4 is 66.4 Å². The molecule has 12 aromatic rings. The van der Waals surface area contributed by atoms with Gasteiger partial charge in [0.1, 0.15) is 23.3 Å². The minimum absolute atomic E-state index is 0.177. The van der Waals surface area contributed by atoms with Gasteiger partial charge in [-0.3, -0.25) is 0 Å². The zero-order valence-corrected chi connectivity index (χ0v) is 41.2. The van der Waals surface area contributed by atoms with Crippen molar-refractivity contribution in [1.29, 1.82) is 0 Å². The first-order valence-electron chi connectivity index (χ1n) is 24.7. The molecule has 0 atom stereocenters. The molecule has 0 saturated heterocycles. The van der Waals surface area contributed by atoms with Gasteiger partial charge in [-0.05, 0) is 189 Å². The van der Waals surface area contributed by atoms with E-state index in [9.17, 15) is 8.78 Å². The van der Waals surface area contributed by atoms with Gasteiger partial charge in [-0.1, -0.05) is 133 Å². The summed E-state index contributed by atoms with van der Waals surface area (Å²) in [6.07, 6.45) is 0. The average Bonchev–Trinajstić information content (AvgIpc) is 3.43. The van der Waals surface area contributed by atoms with Crippen molar-refractivity contribution < 1.29 is 17.6 Å². The van der Waals surface area contributed by atoms with Gasteiger partial charge in [-0.25, -0.2) is 17.6 Å². The van der Waals surface area contributed by atoms with Crippen LogP contribution < -0.4 is 9.80 Å². The topological polar surface area (TPSA) is 6.48 Å². The highest BCUT2D eigenvalue weighted by molar-refractivity contribution is 6.28. The van der Waals surface area contributed by atoms with Crippen LogP contribution >= 0.6 is 0 Å². The molecule has 12 aromatic carbocycles. The van der Waals surface area contributed by atoms with Gasteiger partial charge in [-0.2, -0.15) is 0 Å². The largest absolute Gasteiger partial charge is 0.307 e. The quantitative estimate of drug-likeness (QED) is 0.0995. The Morgan fingerprint density at radius 2 is 0.581 bits per heavy atom. The van der Waals surface area contributed by atoms with Gasteiger partial charge in [0.15, 0.2) is 0 Å². The highest BCUT2D eigenvalue weighted by atomic mass is 19.1. The molecule has 6 heteroatoms. The summed E-state index contributed by atoms with van der Waals surface area (Å²) in [5.41, 5.74) is 15.3. The van der Waals surface area contributed by atoms with Crippen LogP contribution in [0.15, 0.2) is 218 Å². The Balaban J connectivity index is 1.13. The number of hydrogen-bond acceptors (Lipinski definition) is 2. The zero-order chi connectivity index (χ0) is 50.8. The summed E-state index contributed by atoms with van der Waals surface area (Å²) < 4.78 is 63.4. The van der Waals surface area contributed by atoms with Crippen molar-refractivity contribution in [3.05, 3.63) is 264 Å². The lowest BCUT2D eigenvalue weighted by Gasteiger charge is -2.30. The highest BCUT2D eigenvalue weighted by Gasteiger charge is 2.26. The molecule has 74 heavy (non-hydrogen) atoms. The molecule has 0 bridgehead atoms. The fourth-order valence-corrected chi connectivity index (χ4v) is 11.0. The summed E-state index contributed by atoms with van der Waals surface area (Å²) in [6.45, 7) is 8.32. The molecule has 358 valence electrons. The smallest absolute Gasteiger partial charge is 0.150 e. The molecule has 0 aliphatic carbocycles. The third kappa shape index (κ3) is 8.09. The van der Waals surface area contributed by atoms with Crippen LogP contribution in [0.2, 0.25) is 0 Å². The molecule has 2 nitrogen and oxygen atoms in total. The molecular formula is C68H48F4N2. The van der Waals surface area contributed by atoms with E-state index in [0.717, 1.165) is 111 Å². The van der Waals surface area contributed by atoms with E-state index in [4.69, 9.17) is 0 Å². The van der Waals surface area contributed by atoms with Gasteiger partial charge < -0.3 is 9.80 Å². The van der Waals surface area contributed by atoms with Crippen molar-refractivity contribution in [2.45, 2.75) is 27.7 Å². The first-order valence-corrected chi connectivity index (χ1v) is 24.7. The summed E-state index contributed by atoms with van der Waals surface area (Å²) in [6, 6.07) is 69.3. The van der Waals surface area contributed by atoms with Gasteiger partial charge in [-0.15, -0.1) is 0 Å². The van der Waals surface area contributed by atoms with Crippen LogP contribution in [0, 0.1) is 51.0 Å². The molecule has 0 aliphatic heterocycles. The van der Waals surface area contributed by atoms with Gasteiger partial charge in [0.2, 0.25) is 0 Å². The van der Waals surface area contributed by atoms with Crippen LogP contribution in [-0.4, -0.2) is 0 Å². The van der Waals surface area contributed by atoms with Gasteiger partial charge in [0.25, 0.3) is 0 Å². The molecule has 0 aromatic heterocycles. The van der Waals surface area contributed by atoms with Gasteiger partial charge in [0, 0.05) is 34.3 Å². The van der Waals surface area contributed by atoms with Crippen molar-refractivity contribution in [2.75, 3.05) is 9.80 Å². The van der Waals surface area contributed by atoms with Crippen molar-refractivity contribution in [2.24, 2.45) is 0 Å². The summed E-state index contributed by atoms with van der Waals surface area (Å²) in [5, 5.41) is 5.35. The second kappa shape index (κ2) is 18.6. The molecule has 0 heterocycles. The molecular weight excluding hydrogens is 921 g/mol. The Kier molecular flexibility index (Phi) is 11.6. The second-order valence-corrected chi connectivity index (χ2v) is 19.3. The Morgan fingerprint density at radius 3 is 0.892 bits per heavy atom. The minimum Gasteiger partial charge on any atom is -0.307 e. The summed E-state index contributed by atoms with van der Waals surface area (Å²) in [5.74, 6) is -2.79. The van der Waals surface area contributed by atoms with Crippen molar-refractivity contribution in [1.82, 2.24) is 0 Å². The molecule has 0 unspecified atom stereocenters. The second-order valence-electron chi connectivity index (χ2n) is 19.3. The summed E-state index contributed by atoms with van der Waals surface area (Å²) >= 11 is 0. The lowest BCUT2D eigenvalue weighted by atomic mass is 9.90. The van der Waals surface area contributed by atoms with E-state index in [1.165, 1.54) is 24.3 Å². The van der Waals surface area contributed by atoms with Crippen molar-refractivity contribution in [3.63, 3.8) is 0 Å². The maximum Gasteiger partial charge on any atom is 0.150 e. The van der Waals surface area contributed by atoms with Crippen LogP contribution in [-0.2, 0) is 0 Å². The van der Waals surface area contributed by atoms with E-state index in [-0.39, 0.29) is 11.4 Å². The maximum absolute atomic E-state index is 16.7. The average molecular weight is 969 g/mol. The monoisotopic (exact) mass is 968 g/mol. The molecule has 0 radical (unpaired) electrons. The third-order valence-corrected chi connectivity index (χ3v) is 14.6. The lowest BCUT2D eigenvalue weighted by molar-refractivity contribution is 0.583. The molecule has 12 rings (SSSR count). The molecule has 0 fully saturated rings. The Labute approximate surface area is 428 Å². The SMILES string of the molecule is Cc1ccccc1-c1cc(-c2ccccc2C)cc(N(c2ccc(F)cc2F)c2ccc3ccc4c(N(c5cc(-c6ccccc6C)cc(-c6ccccc6C)c5)c5ccc(F)cc5F)ccc5ccc2c3c54)c1. The number of rotatable bonds is 10. The first kappa shape index (κ1) is 46.1. The predicted octanol–water partition coefficient (Wildman–Crippen LogP) is 20.0. The number of aryl methyl sites for hydroxylation is 4. The highest BCUT2D eigenvalue weighted by Crippen LogP contribution is 2.50. The number of hydrogen-bond donors (Lipinski definition) is 0. The standard InChI is InChI=1S/C68H48F4N2/c1-41-13-5-9-17-55(41)47-33-48(56-18-10-6-14-42(56)2)36-53(35-47)73(65-31-25-51(69)39-61(65)71)63-29-23-45-22-28-60-64(30-24-46-21-27-59(63)67(45)68(46)60)74(66-32-26-52(70)40-62(66)72)54-37-49(57-19-11-7-15-43(57)3)34-50(38-54)58-20-12-8-16-44(58)4/h5-40H,1-4H3. The molecule has 0 N–H and O–H groups in total. The Morgan fingerprint density at radius 1 is 0.284 bits per heavy atom. The van der Waals surface area contributed by atoms with E-state index in [1.54, 1.807) is 0 Å². The van der Waals surface area contributed by atoms with Crippen molar-refractivity contribution in [3.8, 4) is 44.5 Å². The molecule has 0 aliphatic rings. The van der Waals surface area contributed by atoms with E-state index < -0.39 is 23.3 Å². The fourth-order valence-electron chi connectivity index (χ4n) is 11.0. The van der Waals surface area contributed by atoms with E-state index in [1.807, 2.05) is 82.6 Å².